The van der Waals surface area contributed by atoms with E-state index in [2.05, 4.69) is 10.4 Å². The van der Waals surface area contributed by atoms with Crippen molar-refractivity contribution < 1.29 is 4.79 Å². The maximum absolute atomic E-state index is 12.4. The second-order valence-electron chi connectivity index (χ2n) is 5.78. The van der Waals surface area contributed by atoms with E-state index in [1.165, 1.54) is 0 Å². The molecule has 6 heteroatoms. The number of nitrogens with zero attached hydrogens (tertiary/aromatic N) is 2. The molecule has 114 valence electrons. The SMILES string of the molecule is O=C(Nc1c2c(nn1-c1cccc(Cl)c1)CSC2)C1CCC1. The number of hydrogen-bond acceptors (Lipinski definition) is 3. The minimum absolute atomic E-state index is 0.120. The number of fused-ring (bicyclic) bond motifs is 1. The van der Waals surface area contributed by atoms with Gasteiger partial charge >= 0.3 is 0 Å². The molecule has 1 N–H and O–H groups in total. The van der Waals surface area contributed by atoms with Crippen molar-refractivity contribution in [1.82, 2.24) is 9.78 Å². The summed E-state index contributed by atoms with van der Waals surface area (Å²) in [4.78, 5) is 12.4. The maximum Gasteiger partial charge on any atom is 0.228 e. The zero-order valence-electron chi connectivity index (χ0n) is 12.0. The van der Waals surface area contributed by atoms with Gasteiger partial charge in [-0.1, -0.05) is 24.1 Å². The van der Waals surface area contributed by atoms with Gasteiger partial charge in [-0.3, -0.25) is 4.79 Å². The van der Waals surface area contributed by atoms with Crippen molar-refractivity contribution >= 4 is 35.1 Å². The van der Waals surface area contributed by atoms with E-state index in [0.29, 0.717) is 5.02 Å². The van der Waals surface area contributed by atoms with Crippen LogP contribution < -0.4 is 5.32 Å². The molecule has 4 rings (SSSR count). The third kappa shape index (κ3) is 2.42. The molecule has 1 aliphatic carbocycles. The van der Waals surface area contributed by atoms with Gasteiger partial charge in [-0.2, -0.15) is 16.9 Å². The summed E-state index contributed by atoms with van der Waals surface area (Å²) in [6.45, 7) is 0. The molecule has 4 nitrogen and oxygen atoms in total. The van der Waals surface area contributed by atoms with Crippen molar-refractivity contribution in [2.45, 2.75) is 30.8 Å². The highest BCUT2D eigenvalue weighted by molar-refractivity contribution is 7.98. The van der Waals surface area contributed by atoms with Crippen LogP contribution in [0.5, 0.6) is 0 Å². The summed E-state index contributed by atoms with van der Waals surface area (Å²) in [7, 11) is 0. The summed E-state index contributed by atoms with van der Waals surface area (Å²) in [6.07, 6.45) is 3.14. The molecular weight excluding hydrogens is 318 g/mol. The largest absolute Gasteiger partial charge is 0.310 e. The van der Waals surface area contributed by atoms with Crippen molar-refractivity contribution in [1.29, 1.82) is 0 Å². The summed E-state index contributed by atoms with van der Waals surface area (Å²) in [6, 6.07) is 7.57. The molecule has 1 saturated carbocycles. The lowest BCUT2D eigenvalue weighted by molar-refractivity contribution is -0.122. The molecule has 2 aliphatic rings. The van der Waals surface area contributed by atoms with Gasteiger partial charge in [0, 0.05) is 28.0 Å². The highest BCUT2D eigenvalue weighted by Crippen LogP contribution is 2.37. The van der Waals surface area contributed by atoms with E-state index in [4.69, 9.17) is 11.6 Å². The van der Waals surface area contributed by atoms with E-state index in [0.717, 1.165) is 53.5 Å². The first-order valence-electron chi connectivity index (χ1n) is 7.47. The van der Waals surface area contributed by atoms with Crippen molar-refractivity contribution in [2.75, 3.05) is 5.32 Å². The number of benzene rings is 1. The predicted octanol–water partition coefficient (Wildman–Crippen LogP) is 4.01. The maximum atomic E-state index is 12.4. The number of rotatable bonds is 3. The number of amides is 1. The molecular formula is C16H16ClN3OS. The fraction of sp³-hybridized carbons (Fsp3) is 0.375. The smallest absolute Gasteiger partial charge is 0.228 e. The highest BCUT2D eigenvalue weighted by Gasteiger charge is 2.29. The van der Waals surface area contributed by atoms with Gasteiger partial charge in [-0.15, -0.1) is 0 Å². The topological polar surface area (TPSA) is 46.9 Å². The summed E-state index contributed by atoms with van der Waals surface area (Å²) in [5.41, 5.74) is 3.10. The van der Waals surface area contributed by atoms with E-state index < -0.39 is 0 Å². The molecule has 0 spiro atoms. The van der Waals surface area contributed by atoms with Crippen molar-refractivity contribution in [3.05, 3.63) is 40.5 Å². The van der Waals surface area contributed by atoms with Gasteiger partial charge < -0.3 is 5.32 Å². The number of carbonyl (C=O) groups is 1. The molecule has 1 fully saturated rings. The first-order valence-corrected chi connectivity index (χ1v) is 9.01. The molecule has 2 aromatic rings. The normalized spacial score (nSPS) is 17.1. The number of anilines is 1. The van der Waals surface area contributed by atoms with Crippen LogP contribution in [0.15, 0.2) is 24.3 Å². The molecule has 2 heterocycles. The van der Waals surface area contributed by atoms with Gasteiger partial charge in [0.2, 0.25) is 5.91 Å². The highest BCUT2D eigenvalue weighted by atomic mass is 35.5. The van der Waals surface area contributed by atoms with E-state index in [-0.39, 0.29) is 11.8 Å². The van der Waals surface area contributed by atoms with Crippen LogP contribution in [0.4, 0.5) is 5.82 Å². The van der Waals surface area contributed by atoms with Crippen LogP contribution in [-0.4, -0.2) is 15.7 Å². The lowest BCUT2D eigenvalue weighted by Crippen LogP contribution is -2.29. The molecule has 1 aromatic carbocycles. The van der Waals surface area contributed by atoms with Crippen LogP contribution in [0, 0.1) is 5.92 Å². The first-order chi connectivity index (χ1) is 10.7. The van der Waals surface area contributed by atoms with E-state index >= 15 is 0 Å². The standard InChI is InChI=1S/C16H16ClN3OS/c17-11-5-2-6-12(7-11)20-15(13-8-22-9-14(13)19-20)18-16(21)10-3-1-4-10/h2,5-7,10H,1,3-4,8-9H2,(H,18,21). The van der Waals surface area contributed by atoms with Crippen molar-refractivity contribution in [2.24, 2.45) is 5.92 Å². The zero-order valence-corrected chi connectivity index (χ0v) is 13.6. The third-order valence-electron chi connectivity index (χ3n) is 4.32. The molecule has 0 radical (unpaired) electrons. The first kappa shape index (κ1) is 14.2. The lowest BCUT2D eigenvalue weighted by Gasteiger charge is -2.24. The second-order valence-corrected chi connectivity index (χ2v) is 7.20. The van der Waals surface area contributed by atoms with Gasteiger partial charge in [-0.05, 0) is 31.0 Å². The van der Waals surface area contributed by atoms with Crippen LogP contribution in [0.25, 0.3) is 5.69 Å². The van der Waals surface area contributed by atoms with Gasteiger partial charge in [0.1, 0.15) is 5.82 Å². The molecule has 0 saturated heterocycles. The zero-order chi connectivity index (χ0) is 15.1. The van der Waals surface area contributed by atoms with Gasteiger partial charge in [0.15, 0.2) is 0 Å². The molecule has 0 atom stereocenters. The van der Waals surface area contributed by atoms with Crippen molar-refractivity contribution in [3.63, 3.8) is 0 Å². The Kier molecular flexibility index (Phi) is 3.62. The Balaban J connectivity index is 1.73. The van der Waals surface area contributed by atoms with Crippen LogP contribution in [0.2, 0.25) is 5.02 Å². The lowest BCUT2D eigenvalue weighted by atomic mass is 9.85. The summed E-state index contributed by atoms with van der Waals surface area (Å²) < 4.78 is 1.83. The van der Waals surface area contributed by atoms with Crippen LogP contribution in [0.3, 0.4) is 0 Å². The molecule has 22 heavy (non-hydrogen) atoms. The van der Waals surface area contributed by atoms with Crippen LogP contribution in [0.1, 0.15) is 30.5 Å². The van der Waals surface area contributed by atoms with Crippen LogP contribution in [-0.2, 0) is 16.3 Å². The monoisotopic (exact) mass is 333 g/mol. The third-order valence-corrected chi connectivity index (χ3v) is 5.53. The minimum atomic E-state index is 0.120. The van der Waals surface area contributed by atoms with Crippen LogP contribution >= 0.6 is 23.4 Å². The summed E-state index contributed by atoms with van der Waals surface area (Å²) >= 11 is 7.93. The molecule has 1 amide bonds. The average Bonchev–Trinajstić information content (AvgIpc) is 2.99. The minimum Gasteiger partial charge on any atom is -0.310 e. The number of halogens is 1. The fourth-order valence-electron chi connectivity index (χ4n) is 2.83. The Bertz CT molecular complexity index is 739. The molecule has 1 aliphatic heterocycles. The number of aromatic nitrogens is 2. The summed E-state index contributed by atoms with van der Waals surface area (Å²) in [5.74, 6) is 2.89. The fourth-order valence-corrected chi connectivity index (χ4v) is 4.04. The number of carbonyl (C=O) groups excluding carboxylic acids is 1. The number of nitrogens with one attached hydrogen (secondary N) is 1. The molecule has 1 aromatic heterocycles. The number of hydrogen-bond donors (Lipinski definition) is 1. The van der Waals surface area contributed by atoms with Crippen molar-refractivity contribution in [3.8, 4) is 5.69 Å². The molecule has 0 bridgehead atoms. The average molecular weight is 334 g/mol. The Labute approximate surface area is 138 Å². The van der Waals surface area contributed by atoms with Gasteiger partial charge in [0.05, 0.1) is 11.4 Å². The van der Waals surface area contributed by atoms with E-state index in [1.807, 2.05) is 40.7 Å². The van der Waals surface area contributed by atoms with E-state index in [9.17, 15) is 4.79 Å². The summed E-state index contributed by atoms with van der Waals surface area (Å²) in [5, 5.41) is 8.46. The Hall–Kier alpha value is -1.46. The Morgan fingerprint density at radius 1 is 1.36 bits per heavy atom. The van der Waals surface area contributed by atoms with E-state index in [1.54, 1.807) is 0 Å². The molecule has 0 unspecified atom stereocenters. The Morgan fingerprint density at radius 3 is 2.95 bits per heavy atom. The quantitative estimate of drug-likeness (QED) is 0.923. The second kappa shape index (κ2) is 5.63. The Morgan fingerprint density at radius 2 is 2.23 bits per heavy atom. The van der Waals surface area contributed by atoms with Gasteiger partial charge in [0.25, 0.3) is 0 Å². The number of thioether (sulfide) groups is 1. The van der Waals surface area contributed by atoms with Gasteiger partial charge in [-0.25, -0.2) is 4.68 Å². The predicted molar refractivity (Wildman–Crippen MR) is 89.5 cm³/mol.